The molecule has 0 atom stereocenters. The molecule has 0 unspecified atom stereocenters. The van der Waals surface area contributed by atoms with Crippen molar-refractivity contribution in [1.82, 2.24) is 0 Å². The second kappa shape index (κ2) is 6.22. The van der Waals surface area contributed by atoms with Gasteiger partial charge < -0.3 is 5.73 Å². The number of nitrogen functional groups attached to an aromatic ring is 1. The van der Waals surface area contributed by atoms with Crippen molar-refractivity contribution in [3.63, 3.8) is 0 Å². The van der Waals surface area contributed by atoms with Gasteiger partial charge in [-0.25, -0.2) is 8.42 Å². The van der Waals surface area contributed by atoms with Crippen molar-refractivity contribution in [3.05, 3.63) is 49.9 Å². The van der Waals surface area contributed by atoms with E-state index in [1.54, 1.807) is 12.1 Å². The lowest BCUT2D eigenvalue weighted by Crippen LogP contribution is -2.14. The number of rotatable bonds is 3. The molecule has 0 saturated heterocycles. The van der Waals surface area contributed by atoms with Gasteiger partial charge >= 0.3 is 0 Å². The summed E-state index contributed by atoms with van der Waals surface area (Å²) in [4.78, 5) is -0.237. The van der Waals surface area contributed by atoms with Gasteiger partial charge in [-0.15, -0.1) is 0 Å². The van der Waals surface area contributed by atoms with Crippen LogP contribution in [0.1, 0.15) is 0 Å². The van der Waals surface area contributed by atoms with Gasteiger partial charge in [0.25, 0.3) is 10.0 Å². The molecule has 0 fully saturated rings. The van der Waals surface area contributed by atoms with Crippen LogP contribution < -0.4 is 10.5 Å². The third kappa shape index (κ3) is 3.76. The Labute approximate surface area is 145 Å². The fourth-order valence-electron chi connectivity index (χ4n) is 1.60. The number of halogens is 4. The lowest BCUT2D eigenvalue weighted by molar-refractivity contribution is 0.601. The van der Waals surface area contributed by atoms with E-state index in [1.165, 1.54) is 18.2 Å². The van der Waals surface area contributed by atoms with E-state index in [9.17, 15) is 8.42 Å². The van der Waals surface area contributed by atoms with Gasteiger partial charge in [-0.05, 0) is 46.3 Å². The first kappa shape index (κ1) is 16.7. The summed E-state index contributed by atoms with van der Waals surface area (Å²) < 4.78 is 27.8. The molecule has 0 aromatic heterocycles. The zero-order chi connectivity index (χ0) is 15.8. The standard InChI is InChI=1S/C12H8BrCl3N2O2S/c13-8-2-1-7(5-9(8)14)18-21(19,20)12-10(15)3-6(17)4-11(12)16/h1-5,18H,17H2. The summed E-state index contributed by atoms with van der Waals surface area (Å²) in [5, 5.41) is 0.246. The maximum atomic E-state index is 12.4. The minimum absolute atomic E-state index is 0.0595. The zero-order valence-corrected chi connectivity index (χ0v) is 14.9. The summed E-state index contributed by atoms with van der Waals surface area (Å²) in [7, 11) is -3.96. The molecular weight excluding hydrogens is 422 g/mol. The van der Waals surface area contributed by atoms with E-state index < -0.39 is 10.0 Å². The van der Waals surface area contributed by atoms with Crippen LogP contribution in [-0.2, 0) is 10.0 Å². The first-order valence-corrected chi connectivity index (χ1v) is 8.84. The third-order valence-electron chi connectivity index (χ3n) is 2.46. The minimum atomic E-state index is -3.96. The lowest BCUT2D eigenvalue weighted by atomic mass is 10.3. The third-order valence-corrected chi connectivity index (χ3v) is 6.00. The molecule has 21 heavy (non-hydrogen) atoms. The van der Waals surface area contributed by atoms with Gasteiger partial charge in [0.15, 0.2) is 0 Å². The Bertz CT molecular complexity index is 789. The van der Waals surface area contributed by atoms with Crippen molar-refractivity contribution >= 4 is 72.1 Å². The van der Waals surface area contributed by atoms with Crippen molar-refractivity contribution in [1.29, 1.82) is 0 Å². The van der Waals surface area contributed by atoms with E-state index in [-0.39, 0.29) is 26.3 Å². The summed E-state index contributed by atoms with van der Waals surface area (Å²) >= 11 is 21.0. The number of sulfonamides is 1. The monoisotopic (exact) mass is 428 g/mol. The van der Waals surface area contributed by atoms with Crippen LogP contribution >= 0.6 is 50.7 Å². The molecule has 0 heterocycles. The van der Waals surface area contributed by atoms with Crippen molar-refractivity contribution in [2.45, 2.75) is 4.90 Å². The summed E-state index contributed by atoms with van der Waals surface area (Å²) in [6, 6.07) is 7.26. The van der Waals surface area contributed by atoms with Crippen LogP contribution in [0.25, 0.3) is 0 Å². The van der Waals surface area contributed by atoms with Crippen LogP contribution in [0.15, 0.2) is 39.7 Å². The highest BCUT2D eigenvalue weighted by Gasteiger charge is 2.22. The van der Waals surface area contributed by atoms with E-state index in [0.29, 0.717) is 9.50 Å². The molecule has 9 heteroatoms. The lowest BCUT2D eigenvalue weighted by Gasteiger charge is -2.12. The van der Waals surface area contributed by atoms with Crippen LogP contribution in [0.5, 0.6) is 0 Å². The smallest absolute Gasteiger partial charge is 0.264 e. The zero-order valence-electron chi connectivity index (χ0n) is 10.2. The van der Waals surface area contributed by atoms with Crippen molar-refractivity contribution in [3.8, 4) is 0 Å². The van der Waals surface area contributed by atoms with Gasteiger partial charge in [0.2, 0.25) is 0 Å². The van der Waals surface area contributed by atoms with E-state index in [1.807, 2.05) is 0 Å². The molecule has 3 N–H and O–H groups in total. The fraction of sp³-hybridized carbons (Fsp3) is 0. The average Bonchev–Trinajstić information content (AvgIpc) is 2.31. The number of nitrogens with two attached hydrogens (primary N) is 1. The Balaban J connectivity index is 2.46. The number of hydrogen-bond donors (Lipinski definition) is 2. The maximum Gasteiger partial charge on any atom is 0.264 e. The number of benzene rings is 2. The molecule has 0 saturated carbocycles. The molecule has 112 valence electrons. The first-order chi connectivity index (χ1) is 9.70. The molecule has 0 amide bonds. The molecule has 0 radical (unpaired) electrons. The van der Waals surface area contributed by atoms with E-state index >= 15 is 0 Å². The number of anilines is 2. The Kier molecular flexibility index (Phi) is 4.95. The number of hydrogen-bond acceptors (Lipinski definition) is 3. The van der Waals surface area contributed by atoms with Crippen molar-refractivity contribution in [2.24, 2.45) is 0 Å². The number of nitrogens with one attached hydrogen (secondary N) is 1. The maximum absolute atomic E-state index is 12.4. The van der Waals surface area contributed by atoms with E-state index in [4.69, 9.17) is 40.5 Å². The van der Waals surface area contributed by atoms with Gasteiger partial charge in [0.1, 0.15) is 4.90 Å². The average molecular weight is 431 g/mol. The summed E-state index contributed by atoms with van der Waals surface area (Å²) in [6.07, 6.45) is 0. The Morgan fingerprint density at radius 3 is 2.10 bits per heavy atom. The molecule has 4 nitrogen and oxygen atoms in total. The molecule has 2 aromatic carbocycles. The second-order valence-corrected chi connectivity index (χ2v) is 7.74. The van der Waals surface area contributed by atoms with E-state index in [2.05, 4.69) is 20.7 Å². The topological polar surface area (TPSA) is 72.2 Å². The minimum Gasteiger partial charge on any atom is -0.399 e. The molecule has 0 aliphatic heterocycles. The van der Waals surface area contributed by atoms with Crippen LogP contribution in [-0.4, -0.2) is 8.42 Å². The van der Waals surface area contributed by atoms with Crippen LogP contribution in [0.2, 0.25) is 15.1 Å². The van der Waals surface area contributed by atoms with Crippen molar-refractivity contribution < 1.29 is 8.42 Å². The second-order valence-electron chi connectivity index (χ2n) is 4.05. The highest BCUT2D eigenvalue weighted by atomic mass is 79.9. The van der Waals surface area contributed by atoms with Crippen molar-refractivity contribution in [2.75, 3.05) is 10.5 Å². The summed E-state index contributed by atoms with van der Waals surface area (Å²) in [6.45, 7) is 0. The van der Waals surface area contributed by atoms with Crippen LogP contribution in [0, 0.1) is 0 Å². The predicted octanol–water partition coefficient (Wildman–Crippen LogP) is 4.79. The van der Waals surface area contributed by atoms with Crippen LogP contribution in [0.4, 0.5) is 11.4 Å². The SMILES string of the molecule is Nc1cc(Cl)c(S(=O)(=O)Nc2ccc(Br)c(Cl)c2)c(Cl)c1. The normalized spacial score (nSPS) is 11.4. The quantitative estimate of drug-likeness (QED) is 0.688. The highest BCUT2D eigenvalue weighted by molar-refractivity contribution is 9.10. The van der Waals surface area contributed by atoms with Gasteiger partial charge in [-0.2, -0.15) is 0 Å². The Morgan fingerprint density at radius 2 is 1.57 bits per heavy atom. The molecule has 0 aliphatic carbocycles. The summed E-state index contributed by atoms with van der Waals surface area (Å²) in [5.74, 6) is 0. The molecular formula is C12H8BrCl3N2O2S. The van der Waals surface area contributed by atoms with E-state index in [0.717, 1.165) is 0 Å². The van der Waals surface area contributed by atoms with Gasteiger partial charge in [-0.3, -0.25) is 4.72 Å². The first-order valence-electron chi connectivity index (χ1n) is 5.43. The molecule has 2 aromatic rings. The Hall–Kier alpha value is -0.660. The van der Waals surface area contributed by atoms with Crippen LogP contribution in [0.3, 0.4) is 0 Å². The molecule has 0 aliphatic rings. The molecule has 0 bridgehead atoms. The highest BCUT2D eigenvalue weighted by Crippen LogP contribution is 2.34. The van der Waals surface area contributed by atoms with Gasteiger partial charge in [-0.1, -0.05) is 34.8 Å². The summed E-state index contributed by atoms with van der Waals surface area (Å²) in [5.41, 5.74) is 6.11. The molecule has 2 rings (SSSR count). The fourth-order valence-corrected chi connectivity index (χ4v) is 4.31. The molecule has 0 spiro atoms. The van der Waals surface area contributed by atoms with Gasteiger partial charge in [0, 0.05) is 10.2 Å². The Morgan fingerprint density at radius 1 is 1.00 bits per heavy atom. The van der Waals surface area contributed by atoms with Gasteiger partial charge in [0.05, 0.1) is 20.8 Å². The predicted molar refractivity (Wildman–Crippen MR) is 90.8 cm³/mol. The largest absolute Gasteiger partial charge is 0.399 e.